The third kappa shape index (κ3) is 5.66. The van der Waals surface area contributed by atoms with Crippen molar-refractivity contribution in [3.8, 4) is 0 Å². The van der Waals surface area contributed by atoms with Crippen molar-refractivity contribution in [1.29, 1.82) is 0 Å². The number of carbonyl (C=O) groups is 3. The van der Waals surface area contributed by atoms with Crippen LogP contribution in [0.2, 0.25) is 0 Å². The van der Waals surface area contributed by atoms with Crippen molar-refractivity contribution in [3.63, 3.8) is 0 Å². The zero-order chi connectivity index (χ0) is 22.0. The summed E-state index contributed by atoms with van der Waals surface area (Å²) in [6.07, 6.45) is 0.482. The molecule has 2 N–H and O–H groups in total. The Labute approximate surface area is 173 Å². The van der Waals surface area contributed by atoms with E-state index < -0.39 is 17.7 Å². The maximum atomic E-state index is 12.9. The van der Waals surface area contributed by atoms with Crippen molar-refractivity contribution in [2.45, 2.75) is 72.1 Å². The molecule has 0 bridgehead atoms. The van der Waals surface area contributed by atoms with Crippen LogP contribution in [-0.4, -0.2) is 36.0 Å². The van der Waals surface area contributed by atoms with Crippen LogP contribution in [0, 0.1) is 11.8 Å². The third-order valence-corrected chi connectivity index (χ3v) is 5.54. The molecule has 160 valence electrons. The van der Waals surface area contributed by atoms with Gasteiger partial charge in [-0.15, -0.1) is 0 Å². The highest BCUT2D eigenvalue weighted by Crippen LogP contribution is 2.27. The molecule has 1 heterocycles. The van der Waals surface area contributed by atoms with Gasteiger partial charge >= 0.3 is 0 Å². The summed E-state index contributed by atoms with van der Waals surface area (Å²) in [5.41, 5.74) is 0.587. The summed E-state index contributed by atoms with van der Waals surface area (Å²) in [6.45, 7) is 13.7. The summed E-state index contributed by atoms with van der Waals surface area (Å²) in [5, 5.41) is 5.68. The number of nitrogens with one attached hydrogen (secondary N) is 2. The van der Waals surface area contributed by atoms with E-state index in [0.717, 1.165) is 5.56 Å². The summed E-state index contributed by atoms with van der Waals surface area (Å²) < 4.78 is 5.53. The minimum Gasteiger partial charge on any atom is -0.348 e. The highest BCUT2D eigenvalue weighted by atomic mass is 16.5. The molecule has 1 aliphatic heterocycles. The predicted octanol–water partition coefficient (Wildman–Crippen LogP) is 3.20. The monoisotopic (exact) mass is 402 g/mol. The SMILES string of the molecule is CC(C)CC(NC(=O)c1ccc(C(C)(C)C)cc1)C(=O)N[C@]1(C)OCC(=O)[C@@H]1C. The van der Waals surface area contributed by atoms with Crippen molar-refractivity contribution in [2.24, 2.45) is 11.8 Å². The molecule has 0 aliphatic carbocycles. The molecular formula is C23H34N2O4. The Morgan fingerprint density at radius 3 is 2.24 bits per heavy atom. The average molecular weight is 403 g/mol. The number of ether oxygens (including phenoxy) is 1. The van der Waals surface area contributed by atoms with Gasteiger partial charge in [0.25, 0.3) is 5.91 Å². The molecule has 1 saturated heterocycles. The Morgan fingerprint density at radius 1 is 1.21 bits per heavy atom. The van der Waals surface area contributed by atoms with Gasteiger partial charge in [-0.2, -0.15) is 0 Å². The van der Waals surface area contributed by atoms with Crippen molar-refractivity contribution in [1.82, 2.24) is 10.6 Å². The first-order chi connectivity index (χ1) is 13.3. The van der Waals surface area contributed by atoms with Gasteiger partial charge in [-0.1, -0.05) is 53.7 Å². The van der Waals surface area contributed by atoms with Crippen LogP contribution >= 0.6 is 0 Å². The highest BCUT2D eigenvalue weighted by Gasteiger charge is 2.45. The minimum absolute atomic E-state index is 0.0000752. The van der Waals surface area contributed by atoms with Crippen LogP contribution in [-0.2, 0) is 19.7 Å². The Hall–Kier alpha value is -2.21. The van der Waals surface area contributed by atoms with Crippen molar-refractivity contribution < 1.29 is 19.1 Å². The Kier molecular flexibility index (Phi) is 6.89. The summed E-state index contributed by atoms with van der Waals surface area (Å²) in [6, 6.07) is 6.72. The van der Waals surface area contributed by atoms with E-state index in [2.05, 4.69) is 31.4 Å². The lowest BCUT2D eigenvalue weighted by atomic mass is 9.86. The van der Waals surface area contributed by atoms with Gasteiger partial charge in [0.1, 0.15) is 18.4 Å². The second-order valence-corrected chi connectivity index (χ2v) is 9.56. The van der Waals surface area contributed by atoms with Gasteiger partial charge in [0, 0.05) is 5.56 Å². The molecule has 0 radical (unpaired) electrons. The molecule has 0 aromatic heterocycles. The maximum Gasteiger partial charge on any atom is 0.251 e. The lowest BCUT2D eigenvalue weighted by Crippen LogP contribution is -2.57. The zero-order valence-electron chi connectivity index (χ0n) is 18.6. The summed E-state index contributed by atoms with van der Waals surface area (Å²) >= 11 is 0. The van der Waals surface area contributed by atoms with Crippen LogP contribution in [0.5, 0.6) is 0 Å². The Bertz CT molecular complexity index is 764. The van der Waals surface area contributed by atoms with Crippen LogP contribution in [0.1, 0.15) is 70.8 Å². The van der Waals surface area contributed by atoms with Gasteiger partial charge in [-0.25, -0.2) is 0 Å². The number of amides is 2. The number of benzene rings is 1. The number of hydrogen-bond acceptors (Lipinski definition) is 4. The Morgan fingerprint density at radius 2 is 1.79 bits per heavy atom. The molecule has 2 rings (SSSR count). The minimum atomic E-state index is -1.05. The second kappa shape index (κ2) is 8.66. The number of carbonyl (C=O) groups excluding carboxylic acids is 3. The molecule has 6 nitrogen and oxygen atoms in total. The quantitative estimate of drug-likeness (QED) is 0.765. The highest BCUT2D eigenvalue weighted by molar-refractivity contribution is 5.98. The largest absolute Gasteiger partial charge is 0.348 e. The molecule has 1 unspecified atom stereocenters. The van der Waals surface area contributed by atoms with Crippen molar-refractivity contribution in [3.05, 3.63) is 35.4 Å². The number of ketones is 1. The first kappa shape index (κ1) is 23.1. The lowest BCUT2D eigenvalue weighted by Gasteiger charge is -2.31. The third-order valence-electron chi connectivity index (χ3n) is 5.54. The second-order valence-electron chi connectivity index (χ2n) is 9.56. The molecule has 1 aromatic carbocycles. The molecule has 0 saturated carbocycles. The van der Waals surface area contributed by atoms with Crippen LogP contribution in [0.25, 0.3) is 0 Å². The van der Waals surface area contributed by atoms with E-state index in [4.69, 9.17) is 4.74 Å². The first-order valence-corrected chi connectivity index (χ1v) is 10.2. The summed E-state index contributed by atoms with van der Waals surface area (Å²) in [4.78, 5) is 37.5. The fraction of sp³-hybridized carbons (Fsp3) is 0.609. The van der Waals surface area contributed by atoms with E-state index in [1.165, 1.54) is 0 Å². The van der Waals surface area contributed by atoms with E-state index in [-0.39, 0.29) is 35.5 Å². The maximum absolute atomic E-state index is 12.9. The number of rotatable bonds is 6. The fourth-order valence-corrected chi connectivity index (χ4v) is 3.32. The van der Waals surface area contributed by atoms with Crippen molar-refractivity contribution >= 4 is 17.6 Å². The molecule has 29 heavy (non-hydrogen) atoms. The van der Waals surface area contributed by atoms with Crippen LogP contribution < -0.4 is 10.6 Å². The standard InChI is InChI=1S/C23H34N2O4/c1-14(2)12-18(21(28)25-23(7)15(3)19(26)13-29-23)24-20(27)16-8-10-17(11-9-16)22(4,5)6/h8-11,14-15,18H,12-13H2,1-7H3,(H,24,27)(H,25,28)/t15-,18?,23+/m0/s1. The number of hydrogen-bond donors (Lipinski definition) is 2. The lowest BCUT2D eigenvalue weighted by molar-refractivity contribution is -0.133. The number of Topliss-reactive ketones (excluding diaryl/α,β-unsaturated/α-hetero) is 1. The van der Waals surface area contributed by atoms with Gasteiger partial charge in [0.2, 0.25) is 5.91 Å². The molecule has 1 aliphatic rings. The van der Waals surface area contributed by atoms with E-state index >= 15 is 0 Å². The van der Waals surface area contributed by atoms with Crippen LogP contribution in [0.4, 0.5) is 0 Å². The van der Waals surface area contributed by atoms with Gasteiger partial charge < -0.3 is 15.4 Å². The van der Waals surface area contributed by atoms with E-state index in [1.54, 1.807) is 26.0 Å². The van der Waals surface area contributed by atoms with Gasteiger partial charge in [-0.05, 0) is 42.4 Å². The van der Waals surface area contributed by atoms with Gasteiger partial charge in [0.15, 0.2) is 5.78 Å². The summed E-state index contributed by atoms with van der Waals surface area (Å²) in [5.74, 6) is -0.927. The topological polar surface area (TPSA) is 84.5 Å². The molecule has 6 heteroatoms. The predicted molar refractivity (Wildman–Crippen MR) is 113 cm³/mol. The summed E-state index contributed by atoms with van der Waals surface area (Å²) in [7, 11) is 0. The molecular weight excluding hydrogens is 368 g/mol. The van der Waals surface area contributed by atoms with E-state index in [1.807, 2.05) is 26.0 Å². The molecule has 1 aromatic rings. The van der Waals surface area contributed by atoms with Gasteiger partial charge in [-0.3, -0.25) is 14.4 Å². The molecule has 3 atom stereocenters. The van der Waals surface area contributed by atoms with E-state index in [9.17, 15) is 14.4 Å². The van der Waals surface area contributed by atoms with Crippen LogP contribution in [0.15, 0.2) is 24.3 Å². The molecule has 2 amide bonds. The van der Waals surface area contributed by atoms with Crippen LogP contribution in [0.3, 0.4) is 0 Å². The first-order valence-electron chi connectivity index (χ1n) is 10.2. The average Bonchev–Trinajstić information content (AvgIpc) is 2.87. The molecule has 0 spiro atoms. The van der Waals surface area contributed by atoms with E-state index in [0.29, 0.717) is 12.0 Å². The smallest absolute Gasteiger partial charge is 0.251 e. The zero-order valence-corrected chi connectivity index (χ0v) is 18.6. The fourth-order valence-electron chi connectivity index (χ4n) is 3.32. The normalized spacial score (nSPS) is 23.2. The van der Waals surface area contributed by atoms with Crippen molar-refractivity contribution in [2.75, 3.05) is 6.61 Å². The Balaban J connectivity index is 2.12. The van der Waals surface area contributed by atoms with Gasteiger partial charge in [0.05, 0.1) is 5.92 Å². The molecule has 1 fully saturated rings.